The molecule has 0 saturated carbocycles. The van der Waals surface area contributed by atoms with E-state index >= 15 is 0 Å². The zero-order valence-electron chi connectivity index (χ0n) is 12.4. The number of aryl methyl sites for hydroxylation is 1. The molecule has 1 aromatic carbocycles. The molecular formula is C17H24O. The summed E-state index contributed by atoms with van der Waals surface area (Å²) >= 11 is 0. The van der Waals surface area contributed by atoms with Crippen LogP contribution in [0, 0.1) is 12.8 Å². The van der Waals surface area contributed by atoms with Crippen LogP contribution in [-0.2, 0) is 5.41 Å². The Morgan fingerprint density at radius 2 is 1.89 bits per heavy atom. The summed E-state index contributed by atoms with van der Waals surface area (Å²) < 4.78 is 5.48. The fourth-order valence-corrected chi connectivity index (χ4v) is 2.84. The molecule has 0 spiro atoms. The summed E-state index contributed by atoms with van der Waals surface area (Å²) in [6.45, 7) is 11.3. The largest absolute Gasteiger partial charge is 0.496 e. The maximum Gasteiger partial charge on any atom is 0.122 e. The molecule has 18 heavy (non-hydrogen) atoms. The van der Waals surface area contributed by atoms with E-state index < -0.39 is 0 Å². The zero-order chi connectivity index (χ0) is 13.5. The number of allylic oxidation sites excluding steroid dienone is 2. The molecule has 2 rings (SSSR count). The van der Waals surface area contributed by atoms with Crippen molar-refractivity contribution in [1.29, 1.82) is 0 Å². The SMILES string of the molecule is COc1cc2c(cc1C)C(C)(C)CC=C2C(C)C. The molecule has 98 valence electrons. The minimum absolute atomic E-state index is 0.227. The Labute approximate surface area is 111 Å². The van der Waals surface area contributed by atoms with Gasteiger partial charge in [0.15, 0.2) is 0 Å². The van der Waals surface area contributed by atoms with Crippen LogP contribution >= 0.6 is 0 Å². The van der Waals surface area contributed by atoms with Gasteiger partial charge in [-0.05, 0) is 53.0 Å². The first-order chi connectivity index (χ1) is 8.36. The van der Waals surface area contributed by atoms with Crippen LogP contribution in [0.2, 0.25) is 0 Å². The van der Waals surface area contributed by atoms with Crippen LogP contribution in [-0.4, -0.2) is 7.11 Å². The summed E-state index contributed by atoms with van der Waals surface area (Å²) in [6.07, 6.45) is 3.53. The molecular weight excluding hydrogens is 220 g/mol. The number of hydrogen-bond acceptors (Lipinski definition) is 1. The summed E-state index contributed by atoms with van der Waals surface area (Å²) in [7, 11) is 1.75. The highest BCUT2D eigenvalue weighted by Gasteiger charge is 2.29. The van der Waals surface area contributed by atoms with Crippen LogP contribution in [0.1, 0.15) is 50.8 Å². The van der Waals surface area contributed by atoms with E-state index in [0.717, 1.165) is 12.2 Å². The first-order valence-corrected chi connectivity index (χ1v) is 6.76. The van der Waals surface area contributed by atoms with Gasteiger partial charge in [0.05, 0.1) is 7.11 Å². The van der Waals surface area contributed by atoms with Gasteiger partial charge >= 0.3 is 0 Å². The average molecular weight is 244 g/mol. The van der Waals surface area contributed by atoms with E-state index in [0.29, 0.717) is 5.92 Å². The van der Waals surface area contributed by atoms with Crippen molar-refractivity contribution in [2.75, 3.05) is 7.11 Å². The molecule has 0 heterocycles. The van der Waals surface area contributed by atoms with Gasteiger partial charge in [-0.25, -0.2) is 0 Å². The highest BCUT2D eigenvalue weighted by atomic mass is 16.5. The van der Waals surface area contributed by atoms with Crippen LogP contribution in [0.3, 0.4) is 0 Å². The molecule has 0 atom stereocenters. The van der Waals surface area contributed by atoms with Crippen molar-refractivity contribution < 1.29 is 4.74 Å². The van der Waals surface area contributed by atoms with Gasteiger partial charge in [0.2, 0.25) is 0 Å². The Morgan fingerprint density at radius 1 is 1.22 bits per heavy atom. The number of methoxy groups -OCH3 is 1. The first-order valence-electron chi connectivity index (χ1n) is 6.76. The summed E-state index contributed by atoms with van der Waals surface area (Å²) in [5.74, 6) is 1.56. The van der Waals surface area contributed by atoms with Crippen molar-refractivity contribution >= 4 is 5.57 Å². The fourth-order valence-electron chi connectivity index (χ4n) is 2.84. The molecule has 0 N–H and O–H groups in total. The lowest BCUT2D eigenvalue weighted by Gasteiger charge is -2.34. The predicted molar refractivity (Wildman–Crippen MR) is 78.2 cm³/mol. The number of rotatable bonds is 2. The Bertz CT molecular complexity index is 493. The van der Waals surface area contributed by atoms with Gasteiger partial charge in [0.25, 0.3) is 0 Å². The van der Waals surface area contributed by atoms with Gasteiger partial charge in [-0.2, -0.15) is 0 Å². The third-order valence-corrected chi connectivity index (χ3v) is 4.03. The Kier molecular flexibility index (Phi) is 3.27. The quantitative estimate of drug-likeness (QED) is 0.731. The van der Waals surface area contributed by atoms with Crippen LogP contribution in [0.5, 0.6) is 5.75 Å². The van der Waals surface area contributed by atoms with Crippen LogP contribution in [0.4, 0.5) is 0 Å². The van der Waals surface area contributed by atoms with Gasteiger partial charge in [0, 0.05) is 0 Å². The van der Waals surface area contributed by atoms with Crippen molar-refractivity contribution in [2.45, 2.75) is 46.5 Å². The van der Waals surface area contributed by atoms with Crippen molar-refractivity contribution in [3.05, 3.63) is 34.9 Å². The molecule has 0 fully saturated rings. The molecule has 1 heteroatoms. The lowest BCUT2D eigenvalue weighted by Crippen LogP contribution is -2.23. The summed E-state index contributed by atoms with van der Waals surface area (Å²) in [5.41, 5.74) is 5.76. The molecule has 1 aliphatic carbocycles. The topological polar surface area (TPSA) is 9.23 Å². The second kappa shape index (κ2) is 4.46. The molecule has 0 unspecified atom stereocenters. The maximum atomic E-state index is 5.48. The Balaban J connectivity index is 2.67. The van der Waals surface area contributed by atoms with Crippen LogP contribution in [0.25, 0.3) is 5.57 Å². The number of ether oxygens (including phenoxy) is 1. The van der Waals surface area contributed by atoms with Crippen LogP contribution < -0.4 is 4.74 Å². The normalized spacial score (nSPS) is 17.4. The molecule has 1 aliphatic rings. The standard InChI is InChI=1S/C17H24O/c1-11(2)13-7-8-17(4,5)15-9-12(3)16(18-6)10-14(13)15/h7,9-11H,8H2,1-6H3. The Hall–Kier alpha value is -1.24. The van der Waals surface area contributed by atoms with Gasteiger partial charge in [-0.1, -0.05) is 39.8 Å². The minimum Gasteiger partial charge on any atom is -0.496 e. The molecule has 0 radical (unpaired) electrons. The molecule has 0 amide bonds. The molecule has 1 aromatic rings. The predicted octanol–water partition coefficient (Wildman–Crippen LogP) is 4.72. The number of fused-ring (bicyclic) bond motifs is 1. The van der Waals surface area contributed by atoms with E-state index in [-0.39, 0.29) is 5.41 Å². The summed E-state index contributed by atoms with van der Waals surface area (Å²) in [6, 6.07) is 4.53. The summed E-state index contributed by atoms with van der Waals surface area (Å²) in [4.78, 5) is 0. The molecule has 0 aliphatic heterocycles. The summed E-state index contributed by atoms with van der Waals surface area (Å²) in [5, 5.41) is 0. The van der Waals surface area contributed by atoms with Gasteiger partial charge in [-0.3, -0.25) is 0 Å². The van der Waals surface area contributed by atoms with Crippen molar-refractivity contribution in [1.82, 2.24) is 0 Å². The first kappa shape index (κ1) is 13.2. The highest BCUT2D eigenvalue weighted by Crippen LogP contribution is 2.43. The number of hydrogen-bond donors (Lipinski definition) is 0. The molecule has 0 aromatic heterocycles. The average Bonchev–Trinajstić information content (AvgIpc) is 2.29. The van der Waals surface area contributed by atoms with E-state index in [1.807, 2.05) is 0 Å². The van der Waals surface area contributed by atoms with Gasteiger partial charge < -0.3 is 4.74 Å². The van der Waals surface area contributed by atoms with Crippen LogP contribution in [0.15, 0.2) is 18.2 Å². The second-order valence-corrected chi connectivity index (χ2v) is 6.27. The third kappa shape index (κ3) is 2.07. The lowest BCUT2D eigenvalue weighted by atomic mass is 9.71. The minimum atomic E-state index is 0.227. The fraction of sp³-hybridized carbons (Fsp3) is 0.529. The third-order valence-electron chi connectivity index (χ3n) is 4.03. The monoisotopic (exact) mass is 244 g/mol. The van der Waals surface area contributed by atoms with Crippen molar-refractivity contribution in [3.8, 4) is 5.75 Å². The number of benzene rings is 1. The van der Waals surface area contributed by atoms with E-state index in [9.17, 15) is 0 Å². The second-order valence-electron chi connectivity index (χ2n) is 6.27. The zero-order valence-corrected chi connectivity index (χ0v) is 12.4. The van der Waals surface area contributed by atoms with Gasteiger partial charge in [0.1, 0.15) is 5.75 Å². The van der Waals surface area contributed by atoms with Crippen molar-refractivity contribution in [3.63, 3.8) is 0 Å². The molecule has 0 saturated heterocycles. The van der Waals surface area contributed by atoms with E-state index in [2.05, 4.69) is 52.8 Å². The van der Waals surface area contributed by atoms with Crippen molar-refractivity contribution in [2.24, 2.45) is 5.92 Å². The maximum absolute atomic E-state index is 5.48. The molecule has 1 nitrogen and oxygen atoms in total. The van der Waals surface area contributed by atoms with E-state index in [4.69, 9.17) is 4.74 Å². The van der Waals surface area contributed by atoms with Gasteiger partial charge in [-0.15, -0.1) is 0 Å². The van der Waals surface area contributed by atoms with E-state index in [1.165, 1.54) is 22.3 Å². The lowest BCUT2D eigenvalue weighted by molar-refractivity contribution is 0.410. The molecule has 0 bridgehead atoms. The smallest absolute Gasteiger partial charge is 0.122 e. The Morgan fingerprint density at radius 3 is 2.44 bits per heavy atom. The van der Waals surface area contributed by atoms with E-state index in [1.54, 1.807) is 7.11 Å². The highest BCUT2D eigenvalue weighted by molar-refractivity contribution is 5.74.